The highest BCUT2D eigenvalue weighted by Crippen LogP contribution is 2.14. The van der Waals surface area contributed by atoms with Crippen molar-refractivity contribution in [3.63, 3.8) is 0 Å². The zero-order chi connectivity index (χ0) is 25.5. The predicted molar refractivity (Wildman–Crippen MR) is 158 cm³/mol. The Morgan fingerprint density at radius 1 is 0.556 bits per heavy atom. The van der Waals surface area contributed by atoms with Gasteiger partial charge in [-0.25, -0.2) is 9.13 Å². The van der Waals surface area contributed by atoms with Crippen molar-refractivity contribution in [1.29, 1.82) is 0 Å². The molecule has 0 saturated carbocycles. The van der Waals surface area contributed by atoms with Crippen LogP contribution in [0.2, 0.25) is 0 Å². The lowest BCUT2D eigenvalue weighted by molar-refractivity contribution is -0.695. The molecule has 0 radical (unpaired) electrons. The van der Waals surface area contributed by atoms with Crippen LogP contribution in [0, 0.1) is 0 Å². The molecule has 0 amide bonds. The van der Waals surface area contributed by atoms with E-state index in [1.54, 1.807) is 0 Å². The summed E-state index contributed by atoms with van der Waals surface area (Å²) >= 11 is 0. The fourth-order valence-corrected chi connectivity index (χ4v) is 5.45. The van der Waals surface area contributed by atoms with Gasteiger partial charge in [-0.15, -0.1) is 0 Å². The molecule has 2 rings (SSSR count). The van der Waals surface area contributed by atoms with Gasteiger partial charge >= 0.3 is 0 Å². The van der Waals surface area contributed by atoms with Crippen LogP contribution in [-0.4, -0.2) is 4.57 Å². The summed E-state index contributed by atoms with van der Waals surface area (Å²) in [5, 5.41) is 0. The molecular weight excluding hydrogens is 436 g/mol. The van der Waals surface area contributed by atoms with Crippen molar-refractivity contribution < 1.29 is 4.57 Å². The zero-order valence-electron chi connectivity index (χ0n) is 24.2. The molecule has 0 aliphatic rings. The van der Waals surface area contributed by atoms with Crippen LogP contribution in [-0.2, 0) is 19.5 Å². The molecule has 2 heteroatoms. The van der Waals surface area contributed by atoms with E-state index >= 15 is 0 Å². The number of hydrogen-bond donors (Lipinski definition) is 0. The van der Waals surface area contributed by atoms with E-state index in [2.05, 4.69) is 65.7 Å². The van der Waals surface area contributed by atoms with Gasteiger partial charge in [0.2, 0.25) is 0 Å². The van der Waals surface area contributed by atoms with Crippen molar-refractivity contribution in [2.45, 2.75) is 162 Å². The fraction of sp³-hybridized carbons (Fsp3) is 0.735. The number of imidazole rings is 1. The van der Waals surface area contributed by atoms with Crippen LogP contribution in [0.1, 0.15) is 154 Å². The molecule has 0 unspecified atom stereocenters. The Morgan fingerprint density at radius 3 is 1.56 bits per heavy atom. The number of nitrogens with zero attached hydrogens (tertiary/aromatic N) is 2. The van der Waals surface area contributed by atoms with E-state index in [0.717, 1.165) is 6.54 Å². The quantitative estimate of drug-likeness (QED) is 0.101. The van der Waals surface area contributed by atoms with Crippen LogP contribution in [0.25, 0.3) is 0 Å². The van der Waals surface area contributed by atoms with E-state index in [0.29, 0.717) is 0 Å². The van der Waals surface area contributed by atoms with Gasteiger partial charge in [-0.2, -0.15) is 0 Å². The lowest BCUT2D eigenvalue weighted by Crippen LogP contribution is -2.37. The summed E-state index contributed by atoms with van der Waals surface area (Å²) in [6.45, 7) is 6.79. The molecule has 0 saturated heterocycles. The molecule has 0 aliphatic heterocycles. The summed E-state index contributed by atoms with van der Waals surface area (Å²) in [5.74, 6) is 1.54. The molecule has 1 heterocycles. The van der Waals surface area contributed by atoms with Crippen molar-refractivity contribution in [3.8, 4) is 0 Å². The maximum atomic E-state index is 2.57. The monoisotopic (exact) mass is 495 g/mol. The molecule has 0 atom stereocenters. The second-order valence-corrected chi connectivity index (χ2v) is 11.1. The molecule has 204 valence electrons. The number of benzene rings is 1. The van der Waals surface area contributed by atoms with E-state index in [1.165, 1.54) is 153 Å². The second kappa shape index (κ2) is 21.5. The maximum absolute atomic E-state index is 2.57. The van der Waals surface area contributed by atoms with Gasteiger partial charge in [0.05, 0.1) is 6.54 Å². The van der Waals surface area contributed by atoms with Gasteiger partial charge in [0.15, 0.2) is 0 Å². The number of aryl methyl sites for hydroxylation is 1. The predicted octanol–water partition coefficient (Wildman–Crippen LogP) is 10.2. The minimum atomic E-state index is 0.999. The highest BCUT2D eigenvalue weighted by atomic mass is 15.1. The van der Waals surface area contributed by atoms with Crippen LogP contribution in [0.15, 0.2) is 42.7 Å². The Morgan fingerprint density at radius 2 is 1.03 bits per heavy atom. The van der Waals surface area contributed by atoms with E-state index in [4.69, 9.17) is 0 Å². The molecule has 1 aromatic carbocycles. The average molecular weight is 496 g/mol. The molecule has 0 aliphatic carbocycles. The maximum Gasteiger partial charge on any atom is 0.256 e. The lowest BCUT2D eigenvalue weighted by atomic mass is 10.1. The van der Waals surface area contributed by atoms with E-state index < -0.39 is 0 Å². The van der Waals surface area contributed by atoms with Crippen LogP contribution in [0.5, 0.6) is 0 Å². The van der Waals surface area contributed by atoms with Crippen molar-refractivity contribution in [3.05, 3.63) is 54.1 Å². The van der Waals surface area contributed by atoms with Crippen molar-refractivity contribution in [1.82, 2.24) is 4.57 Å². The first kappa shape index (κ1) is 30.7. The molecule has 1 aromatic heterocycles. The number of unbranched alkanes of at least 4 members (excludes halogenated alkanes) is 18. The van der Waals surface area contributed by atoms with E-state index in [1.807, 2.05) is 0 Å². The van der Waals surface area contributed by atoms with Gasteiger partial charge in [0, 0.05) is 6.42 Å². The van der Waals surface area contributed by atoms with Crippen molar-refractivity contribution >= 4 is 0 Å². The highest BCUT2D eigenvalue weighted by molar-refractivity contribution is 5.13. The molecule has 0 spiro atoms. The molecule has 0 fully saturated rings. The summed E-state index contributed by atoms with van der Waals surface area (Å²) in [5.41, 5.74) is 1.41. The Kier molecular flexibility index (Phi) is 18.3. The Bertz CT molecular complexity index is 733. The molecule has 0 bridgehead atoms. The summed E-state index contributed by atoms with van der Waals surface area (Å²) in [6, 6.07) is 11.0. The van der Waals surface area contributed by atoms with Crippen LogP contribution >= 0.6 is 0 Å². The van der Waals surface area contributed by atoms with Gasteiger partial charge in [0.25, 0.3) is 5.82 Å². The molecular formula is C34H59N2+. The van der Waals surface area contributed by atoms with Gasteiger partial charge in [0.1, 0.15) is 18.9 Å². The zero-order valence-corrected chi connectivity index (χ0v) is 24.2. The highest BCUT2D eigenvalue weighted by Gasteiger charge is 2.17. The summed E-state index contributed by atoms with van der Waals surface area (Å²) in [6.07, 6.45) is 34.0. The third-order valence-corrected chi connectivity index (χ3v) is 7.79. The Labute approximate surface area is 224 Å². The number of hydrogen-bond acceptors (Lipinski definition) is 0. The smallest absolute Gasteiger partial charge is 0.234 e. The largest absolute Gasteiger partial charge is 0.256 e. The van der Waals surface area contributed by atoms with Crippen molar-refractivity contribution in [2.75, 3.05) is 0 Å². The van der Waals surface area contributed by atoms with Crippen LogP contribution < -0.4 is 4.57 Å². The molecule has 36 heavy (non-hydrogen) atoms. The third-order valence-electron chi connectivity index (χ3n) is 7.79. The molecule has 0 N–H and O–H groups in total. The third kappa shape index (κ3) is 14.2. The van der Waals surface area contributed by atoms with Gasteiger partial charge in [-0.3, -0.25) is 0 Å². The first-order valence-electron chi connectivity index (χ1n) is 16.0. The van der Waals surface area contributed by atoms with Gasteiger partial charge in [-0.1, -0.05) is 153 Å². The summed E-state index contributed by atoms with van der Waals surface area (Å²) in [4.78, 5) is 0. The molecule has 2 nitrogen and oxygen atoms in total. The van der Waals surface area contributed by atoms with Gasteiger partial charge < -0.3 is 0 Å². The first-order chi connectivity index (χ1) is 17.8. The number of rotatable bonds is 24. The average Bonchev–Trinajstić information content (AvgIpc) is 3.27. The van der Waals surface area contributed by atoms with E-state index in [9.17, 15) is 0 Å². The van der Waals surface area contributed by atoms with Crippen molar-refractivity contribution in [2.24, 2.45) is 0 Å². The topological polar surface area (TPSA) is 8.81 Å². The minimum Gasteiger partial charge on any atom is -0.234 e. The minimum absolute atomic E-state index is 0.999. The normalized spacial score (nSPS) is 11.4. The first-order valence-corrected chi connectivity index (χ1v) is 16.0. The Hall–Kier alpha value is -1.57. The fourth-order valence-electron chi connectivity index (χ4n) is 5.45. The summed E-state index contributed by atoms with van der Waals surface area (Å²) < 4.78 is 5.08. The Balaban J connectivity index is 1.70. The van der Waals surface area contributed by atoms with E-state index in [-0.39, 0.29) is 0 Å². The van der Waals surface area contributed by atoms with Gasteiger partial charge in [-0.05, 0) is 24.8 Å². The van der Waals surface area contributed by atoms with Crippen LogP contribution in [0.4, 0.5) is 0 Å². The number of aromatic nitrogens is 2. The SMILES string of the molecule is CCCCCCCCCCCCCn1cc[n+](Cc2ccccc2)c1CCCCCCCCCCC. The van der Waals surface area contributed by atoms with Crippen LogP contribution in [0.3, 0.4) is 0 Å². The summed E-state index contributed by atoms with van der Waals surface area (Å²) in [7, 11) is 0. The standard InChI is InChI=1S/C34H59N2/c1-3-5-7-9-11-13-14-16-18-20-25-29-35-30-31-36(32-33-26-22-21-23-27-33)34(35)28-24-19-17-15-12-10-8-6-4-2/h21-23,26-27,30-31H,3-20,24-25,28-29,32H2,1-2H3/q+1. The second-order valence-electron chi connectivity index (χ2n) is 11.1. The molecule has 2 aromatic rings. The lowest BCUT2D eigenvalue weighted by Gasteiger charge is -2.07.